The Morgan fingerprint density at radius 2 is 2.20 bits per heavy atom. The summed E-state index contributed by atoms with van der Waals surface area (Å²) in [6.07, 6.45) is 4.00. The maximum atomic E-state index is 5.97. The number of nitrogens with two attached hydrogens (primary N) is 1. The molecular weight excluding hydrogens is 292 g/mol. The van der Waals surface area contributed by atoms with E-state index in [2.05, 4.69) is 43.2 Å². The second kappa shape index (κ2) is 6.72. The first kappa shape index (κ1) is 15.5. The van der Waals surface area contributed by atoms with Crippen molar-refractivity contribution in [3.05, 3.63) is 39.3 Å². The molecule has 0 fully saturated rings. The van der Waals surface area contributed by atoms with Crippen LogP contribution in [0.2, 0.25) is 4.34 Å². The van der Waals surface area contributed by atoms with Crippen molar-refractivity contribution >= 4 is 22.9 Å². The molecule has 0 amide bonds. The van der Waals surface area contributed by atoms with E-state index < -0.39 is 0 Å². The molecule has 6 heteroatoms. The summed E-state index contributed by atoms with van der Waals surface area (Å²) in [5.74, 6) is 0. The molecular formula is C14H21ClN4S. The zero-order valence-corrected chi connectivity index (χ0v) is 13.7. The van der Waals surface area contributed by atoms with Crippen LogP contribution in [0, 0.1) is 0 Å². The van der Waals surface area contributed by atoms with E-state index in [-0.39, 0.29) is 6.04 Å². The van der Waals surface area contributed by atoms with Gasteiger partial charge in [-0.2, -0.15) is 5.10 Å². The molecule has 0 saturated carbocycles. The Bertz CT molecular complexity index is 549. The predicted octanol–water partition coefficient (Wildman–Crippen LogP) is 3.31. The third-order valence-electron chi connectivity index (χ3n) is 3.32. The minimum Gasteiger partial charge on any atom is -0.329 e. The summed E-state index contributed by atoms with van der Waals surface area (Å²) in [6.45, 7) is 5.64. The number of aromatic nitrogens is 2. The summed E-state index contributed by atoms with van der Waals surface area (Å²) in [5, 5.41) is 4.39. The van der Waals surface area contributed by atoms with Gasteiger partial charge in [-0.15, -0.1) is 11.3 Å². The molecule has 1 atom stereocenters. The van der Waals surface area contributed by atoms with Crippen LogP contribution in [0.3, 0.4) is 0 Å². The average molecular weight is 313 g/mol. The Hall–Kier alpha value is -0.880. The van der Waals surface area contributed by atoms with Crippen LogP contribution in [0.5, 0.6) is 0 Å². The molecule has 0 aliphatic rings. The Balaban J connectivity index is 2.09. The summed E-state index contributed by atoms with van der Waals surface area (Å²) in [6, 6.07) is 4.53. The van der Waals surface area contributed by atoms with Crippen molar-refractivity contribution in [3.63, 3.8) is 0 Å². The highest BCUT2D eigenvalue weighted by Gasteiger charge is 2.18. The molecule has 4 nitrogen and oxygen atoms in total. The second-order valence-electron chi connectivity index (χ2n) is 5.22. The van der Waals surface area contributed by atoms with Crippen molar-refractivity contribution < 1.29 is 0 Å². The molecule has 0 aliphatic carbocycles. The lowest BCUT2D eigenvalue weighted by Crippen LogP contribution is -2.29. The van der Waals surface area contributed by atoms with E-state index in [9.17, 15) is 0 Å². The second-order valence-corrected chi connectivity index (χ2v) is 7.02. The number of halogens is 1. The molecule has 2 rings (SSSR count). The Kier molecular flexibility index (Phi) is 5.21. The third kappa shape index (κ3) is 3.61. The average Bonchev–Trinajstić information content (AvgIpc) is 3.00. The van der Waals surface area contributed by atoms with E-state index in [0.29, 0.717) is 12.6 Å². The molecule has 1 unspecified atom stereocenters. The van der Waals surface area contributed by atoms with Gasteiger partial charge in [-0.1, -0.05) is 11.6 Å². The number of thiophene rings is 1. The zero-order chi connectivity index (χ0) is 14.7. The predicted molar refractivity (Wildman–Crippen MR) is 85.2 cm³/mol. The smallest absolute Gasteiger partial charge is 0.0931 e. The lowest BCUT2D eigenvalue weighted by molar-refractivity contribution is 0.243. The van der Waals surface area contributed by atoms with Gasteiger partial charge in [-0.25, -0.2) is 0 Å². The lowest BCUT2D eigenvalue weighted by atomic mass is 10.1. The zero-order valence-electron chi connectivity index (χ0n) is 12.1. The first-order chi connectivity index (χ1) is 9.51. The van der Waals surface area contributed by atoms with Gasteiger partial charge in [0.15, 0.2) is 0 Å². The highest BCUT2D eigenvalue weighted by atomic mass is 35.5. The van der Waals surface area contributed by atoms with Gasteiger partial charge < -0.3 is 5.73 Å². The van der Waals surface area contributed by atoms with Gasteiger partial charge in [0.25, 0.3) is 0 Å². The van der Waals surface area contributed by atoms with Crippen LogP contribution in [0.15, 0.2) is 24.5 Å². The number of hydrogen-bond acceptors (Lipinski definition) is 4. The number of likely N-dealkylation sites (N-methyl/N-ethyl adjacent to an activating group) is 1. The molecule has 2 aromatic rings. The van der Waals surface area contributed by atoms with E-state index in [4.69, 9.17) is 17.3 Å². The SMILES string of the molecule is CC(C)n1cc(C(CN)N(C)Cc2ccc(Cl)s2)cn1. The van der Waals surface area contributed by atoms with Crippen LogP contribution in [0.4, 0.5) is 0 Å². The molecule has 0 aliphatic heterocycles. The summed E-state index contributed by atoms with van der Waals surface area (Å²) < 4.78 is 2.79. The number of hydrogen-bond donors (Lipinski definition) is 1. The largest absolute Gasteiger partial charge is 0.329 e. The number of nitrogens with zero attached hydrogens (tertiary/aromatic N) is 3. The van der Waals surface area contributed by atoms with Crippen molar-refractivity contribution in [1.29, 1.82) is 0 Å². The molecule has 0 spiro atoms. The molecule has 0 aromatic carbocycles. The monoisotopic (exact) mass is 312 g/mol. The normalized spacial score (nSPS) is 13.3. The fourth-order valence-electron chi connectivity index (χ4n) is 2.17. The highest BCUT2D eigenvalue weighted by molar-refractivity contribution is 7.16. The molecule has 0 radical (unpaired) electrons. The summed E-state index contributed by atoms with van der Waals surface area (Å²) in [7, 11) is 2.08. The van der Waals surface area contributed by atoms with Crippen LogP contribution in [0.1, 0.15) is 36.4 Å². The van der Waals surface area contributed by atoms with E-state index in [1.807, 2.05) is 16.9 Å². The fourth-order valence-corrected chi connectivity index (χ4v) is 3.32. The molecule has 0 bridgehead atoms. The Morgan fingerprint density at radius 3 is 2.70 bits per heavy atom. The van der Waals surface area contributed by atoms with E-state index >= 15 is 0 Å². The topological polar surface area (TPSA) is 47.1 Å². The van der Waals surface area contributed by atoms with Gasteiger partial charge in [0.2, 0.25) is 0 Å². The number of rotatable bonds is 6. The first-order valence-electron chi connectivity index (χ1n) is 6.69. The minimum absolute atomic E-state index is 0.170. The van der Waals surface area contributed by atoms with Gasteiger partial charge in [-0.3, -0.25) is 9.58 Å². The van der Waals surface area contributed by atoms with Crippen LogP contribution >= 0.6 is 22.9 Å². The molecule has 2 heterocycles. The summed E-state index contributed by atoms with van der Waals surface area (Å²) in [5.41, 5.74) is 7.11. The molecule has 110 valence electrons. The first-order valence-corrected chi connectivity index (χ1v) is 7.89. The Labute approximate surface area is 129 Å². The maximum Gasteiger partial charge on any atom is 0.0931 e. The minimum atomic E-state index is 0.170. The summed E-state index contributed by atoms with van der Waals surface area (Å²) in [4.78, 5) is 3.48. The van der Waals surface area contributed by atoms with Crippen molar-refractivity contribution in [2.24, 2.45) is 5.73 Å². The van der Waals surface area contributed by atoms with Crippen LogP contribution in [-0.4, -0.2) is 28.3 Å². The van der Waals surface area contributed by atoms with E-state index in [1.165, 1.54) is 4.88 Å². The van der Waals surface area contributed by atoms with Gasteiger partial charge >= 0.3 is 0 Å². The van der Waals surface area contributed by atoms with Crippen LogP contribution < -0.4 is 5.73 Å². The van der Waals surface area contributed by atoms with Crippen molar-refractivity contribution in [2.75, 3.05) is 13.6 Å². The quantitative estimate of drug-likeness (QED) is 0.890. The summed E-state index contributed by atoms with van der Waals surface area (Å²) >= 11 is 7.59. The van der Waals surface area contributed by atoms with Crippen molar-refractivity contribution in [1.82, 2.24) is 14.7 Å². The van der Waals surface area contributed by atoms with E-state index in [1.54, 1.807) is 11.3 Å². The van der Waals surface area contributed by atoms with Crippen LogP contribution in [-0.2, 0) is 6.54 Å². The molecule has 2 N–H and O–H groups in total. The molecule has 20 heavy (non-hydrogen) atoms. The van der Waals surface area contributed by atoms with Gasteiger partial charge in [0.1, 0.15) is 0 Å². The van der Waals surface area contributed by atoms with Crippen LogP contribution in [0.25, 0.3) is 0 Å². The maximum absolute atomic E-state index is 5.97. The molecule has 2 aromatic heterocycles. The Morgan fingerprint density at radius 1 is 1.45 bits per heavy atom. The van der Waals surface area contributed by atoms with Crippen molar-refractivity contribution in [3.8, 4) is 0 Å². The standard InChI is InChI=1S/C14H21ClN4S/c1-10(2)19-8-11(7-17-19)13(6-16)18(3)9-12-4-5-14(15)20-12/h4-5,7-8,10,13H,6,9,16H2,1-3H3. The third-order valence-corrected chi connectivity index (χ3v) is 4.54. The van der Waals surface area contributed by atoms with Gasteiger partial charge in [0, 0.05) is 35.8 Å². The molecule has 0 saturated heterocycles. The van der Waals surface area contributed by atoms with Crippen molar-refractivity contribution in [2.45, 2.75) is 32.5 Å². The lowest BCUT2D eigenvalue weighted by Gasteiger charge is -2.25. The van der Waals surface area contributed by atoms with Gasteiger partial charge in [0.05, 0.1) is 16.6 Å². The van der Waals surface area contributed by atoms with E-state index in [0.717, 1.165) is 16.4 Å². The highest BCUT2D eigenvalue weighted by Crippen LogP contribution is 2.26. The van der Waals surface area contributed by atoms with Gasteiger partial charge in [-0.05, 0) is 33.0 Å². The fraction of sp³-hybridized carbons (Fsp3) is 0.500.